The van der Waals surface area contributed by atoms with E-state index in [2.05, 4.69) is 93.6 Å². The Bertz CT molecular complexity index is 2110. The van der Waals surface area contributed by atoms with E-state index in [1.54, 1.807) is 0 Å². The van der Waals surface area contributed by atoms with Crippen molar-refractivity contribution in [3.05, 3.63) is 197 Å². The maximum Gasteiger partial charge on any atom is 0.478 e. The third-order valence-electron chi connectivity index (χ3n) is 13.4. The number of unbranched alkanes of at least 4 members (excludes halogenated alkanes) is 12. The SMILES string of the molecule is CCCCCCCC(OP(=O)(OC(CCCCCCC)(c1ccccc1)c1ccc(S)cc1)OC(CCCCCCC)(c1ccccc1)c1ccc(S)cc1)(c1ccccc1)c1ccc(S)cc1. The second-order valence-electron chi connectivity index (χ2n) is 18.4. The molecule has 0 N–H and O–H groups in total. The molecule has 4 nitrogen and oxygen atoms in total. The molecule has 0 fully saturated rings. The van der Waals surface area contributed by atoms with E-state index in [4.69, 9.17) is 51.5 Å². The molecule has 0 saturated carbocycles. The fourth-order valence-electron chi connectivity index (χ4n) is 9.69. The lowest BCUT2D eigenvalue weighted by Gasteiger charge is -2.45. The molecule has 0 aliphatic heterocycles. The van der Waals surface area contributed by atoms with E-state index in [1.807, 2.05) is 91.0 Å². The van der Waals surface area contributed by atoms with Crippen LogP contribution in [0, 0.1) is 0 Å². The molecule has 0 bridgehead atoms. The topological polar surface area (TPSA) is 44.8 Å². The maximum absolute atomic E-state index is 17.8. The summed E-state index contributed by atoms with van der Waals surface area (Å²) in [4.78, 5) is 2.48. The Kier molecular flexibility index (Phi) is 21.5. The van der Waals surface area contributed by atoms with Crippen molar-refractivity contribution >= 4 is 45.7 Å². The average molecular weight is 987 g/mol. The van der Waals surface area contributed by atoms with Crippen LogP contribution in [0.4, 0.5) is 0 Å². The minimum absolute atomic E-state index is 0.538. The predicted octanol–water partition coefficient (Wildman–Crippen LogP) is 18.9. The summed E-state index contributed by atoms with van der Waals surface area (Å²) in [6, 6.07) is 55.3. The molecule has 0 radical (unpaired) electrons. The van der Waals surface area contributed by atoms with Gasteiger partial charge in [-0.25, -0.2) is 4.57 Å². The second-order valence-corrected chi connectivity index (χ2v) is 21.4. The van der Waals surface area contributed by atoms with E-state index in [9.17, 15) is 0 Å². The van der Waals surface area contributed by atoms with Gasteiger partial charge in [0.15, 0.2) is 0 Å². The summed E-state index contributed by atoms with van der Waals surface area (Å²) in [6.07, 6.45) is 17.2. The van der Waals surface area contributed by atoms with Crippen molar-refractivity contribution in [3.8, 4) is 0 Å². The summed E-state index contributed by atoms with van der Waals surface area (Å²) >= 11 is 14.2. The normalized spacial score (nSPS) is 15.2. The van der Waals surface area contributed by atoms with E-state index >= 15 is 4.57 Å². The zero-order chi connectivity index (χ0) is 48.1. The molecule has 0 spiro atoms. The summed E-state index contributed by atoms with van der Waals surface area (Å²) in [5.41, 5.74) is 1.43. The molecule has 68 heavy (non-hydrogen) atoms. The van der Waals surface area contributed by atoms with Gasteiger partial charge in [0.05, 0.1) is 0 Å². The molecule has 0 saturated heterocycles. The Hall–Kier alpha value is -3.52. The van der Waals surface area contributed by atoms with Crippen molar-refractivity contribution in [1.29, 1.82) is 0 Å². The number of phosphoric ester groups is 1. The highest BCUT2D eigenvalue weighted by Gasteiger charge is 2.54. The molecule has 0 aliphatic rings. The van der Waals surface area contributed by atoms with Crippen LogP contribution < -0.4 is 0 Å². The first kappa shape index (κ1) is 53.8. The molecule has 8 heteroatoms. The van der Waals surface area contributed by atoms with Crippen molar-refractivity contribution in [3.63, 3.8) is 0 Å². The van der Waals surface area contributed by atoms with Crippen LogP contribution in [0.15, 0.2) is 178 Å². The number of hydrogen-bond donors (Lipinski definition) is 3. The summed E-state index contributed by atoms with van der Waals surface area (Å²) < 4.78 is 41.3. The zero-order valence-electron chi connectivity index (χ0n) is 40.7. The number of benzene rings is 6. The number of hydrogen-bond acceptors (Lipinski definition) is 7. The molecular weight excluding hydrogens is 912 g/mol. The van der Waals surface area contributed by atoms with Crippen LogP contribution in [0.5, 0.6) is 0 Å². The Morgan fingerprint density at radius 1 is 0.324 bits per heavy atom. The predicted molar refractivity (Wildman–Crippen MR) is 294 cm³/mol. The first-order chi connectivity index (χ1) is 33.1. The lowest BCUT2D eigenvalue weighted by Crippen LogP contribution is -2.38. The number of phosphoric acid groups is 1. The number of rotatable bonds is 30. The van der Waals surface area contributed by atoms with E-state index in [-0.39, 0.29) is 0 Å². The molecule has 362 valence electrons. The standard InChI is InChI=1S/C60H75O4PS3/c1-4-7-10-13-25-46-58(49-28-19-16-20-29-49,52-34-40-55(66)41-35-52)62-65(61,63-59(47-26-14-11-8-5-2,50-30-21-17-22-31-50)53-36-42-56(67)43-37-53)64-60(48-27-15-12-9-6-3,51-32-23-18-24-33-51)54-38-44-57(68)45-39-54/h16-24,28-45,66-68H,4-15,25-27,46-48H2,1-3H3. The van der Waals surface area contributed by atoms with Gasteiger partial charge in [-0.15, -0.1) is 37.9 Å². The van der Waals surface area contributed by atoms with Crippen molar-refractivity contribution in [2.45, 2.75) is 168 Å². The Morgan fingerprint density at radius 3 is 0.779 bits per heavy atom. The van der Waals surface area contributed by atoms with Crippen LogP contribution in [0.25, 0.3) is 0 Å². The summed E-state index contributed by atoms with van der Waals surface area (Å²) in [6.45, 7) is 6.71. The molecule has 6 rings (SSSR count). The van der Waals surface area contributed by atoms with Crippen molar-refractivity contribution < 1.29 is 18.1 Å². The Morgan fingerprint density at radius 2 is 0.544 bits per heavy atom. The molecule has 3 unspecified atom stereocenters. The quantitative estimate of drug-likeness (QED) is 0.0239. The lowest BCUT2D eigenvalue weighted by molar-refractivity contribution is -0.0513. The highest BCUT2D eigenvalue weighted by molar-refractivity contribution is 7.80. The van der Waals surface area contributed by atoms with E-state index in [1.165, 1.54) is 0 Å². The summed E-state index contributed by atoms with van der Waals surface area (Å²) in [5, 5.41) is 0. The first-order valence-electron chi connectivity index (χ1n) is 25.4. The smallest absolute Gasteiger partial charge is 0.270 e. The minimum Gasteiger partial charge on any atom is -0.270 e. The van der Waals surface area contributed by atoms with Crippen molar-refractivity contribution in [2.75, 3.05) is 0 Å². The highest BCUT2D eigenvalue weighted by atomic mass is 32.1. The van der Waals surface area contributed by atoms with Gasteiger partial charge in [0.25, 0.3) is 0 Å². The highest BCUT2D eigenvalue weighted by Crippen LogP contribution is 2.67. The average Bonchev–Trinajstić information content (AvgIpc) is 3.36. The second kappa shape index (κ2) is 27.2. The fourth-order valence-corrected chi connectivity index (χ4v) is 12.3. The van der Waals surface area contributed by atoms with Gasteiger partial charge in [-0.2, -0.15) is 0 Å². The molecule has 0 amide bonds. The molecule has 6 aromatic carbocycles. The molecular formula is C60H75O4PS3. The molecule has 0 aliphatic carbocycles. The molecule has 0 heterocycles. The monoisotopic (exact) mass is 986 g/mol. The van der Waals surface area contributed by atoms with Gasteiger partial charge < -0.3 is 0 Å². The van der Waals surface area contributed by atoms with E-state index < -0.39 is 24.6 Å². The molecule has 3 atom stereocenters. The summed E-state index contributed by atoms with van der Waals surface area (Å²) in [5.74, 6) is 0. The van der Waals surface area contributed by atoms with Gasteiger partial charge in [-0.3, -0.25) is 13.6 Å². The van der Waals surface area contributed by atoms with Gasteiger partial charge >= 0.3 is 7.82 Å². The first-order valence-corrected chi connectivity index (χ1v) is 28.2. The van der Waals surface area contributed by atoms with Crippen LogP contribution in [-0.4, -0.2) is 0 Å². The van der Waals surface area contributed by atoms with Gasteiger partial charge in [0.1, 0.15) is 16.8 Å². The fraction of sp³-hybridized carbons (Fsp3) is 0.400. The van der Waals surface area contributed by atoms with Crippen molar-refractivity contribution in [2.24, 2.45) is 0 Å². The van der Waals surface area contributed by atoms with Crippen LogP contribution in [-0.2, 0) is 34.9 Å². The van der Waals surface area contributed by atoms with Gasteiger partial charge in [0.2, 0.25) is 0 Å². The van der Waals surface area contributed by atoms with Gasteiger partial charge in [0, 0.05) is 14.7 Å². The van der Waals surface area contributed by atoms with E-state index in [0.717, 1.165) is 144 Å². The third kappa shape index (κ3) is 14.3. The van der Waals surface area contributed by atoms with Crippen LogP contribution in [0.2, 0.25) is 0 Å². The Labute approximate surface area is 426 Å². The minimum atomic E-state index is -4.85. The largest absolute Gasteiger partial charge is 0.478 e. The Balaban J connectivity index is 1.69. The zero-order valence-corrected chi connectivity index (χ0v) is 44.3. The lowest BCUT2D eigenvalue weighted by atomic mass is 9.82. The maximum atomic E-state index is 17.8. The van der Waals surface area contributed by atoms with Gasteiger partial charge in [-0.1, -0.05) is 225 Å². The van der Waals surface area contributed by atoms with Crippen molar-refractivity contribution in [1.82, 2.24) is 0 Å². The molecule has 6 aromatic rings. The number of thiol groups is 3. The van der Waals surface area contributed by atoms with Gasteiger partial charge in [-0.05, 0) is 108 Å². The molecule has 0 aromatic heterocycles. The van der Waals surface area contributed by atoms with Crippen LogP contribution in [0.3, 0.4) is 0 Å². The van der Waals surface area contributed by atoms with E-state index in [0.29, 0.717) is 19.3 Å². The summed E-state index contributed by atoms with van der Waals surface area (Å²) in [7, 11) is -4.85. The van der Waals surface area contributed by atoms with Crippen LogP contribution >= 0.6 is 45.7 Å². The van der Waals surface area contributed by atoms with Crippen LogP contribution in [0.1, 0.15) is 170 Å². The third-order valence-corrected chi connectivity index (χ3v) is 15.9.